The molecule has 0 aromatic rings. The van der Waals surface area contributed by atoms with Crippen LogP contribution >= 0.6 is 0 Å². The molecule has 17 heavy (non-hydrogen) atoms. The van der Waals surface area contributed by atoms with Crippen LogP contribution in [0.4, 0.5) is 4.79 Å². The minimum absolute atomic E-state index is 0.129. The normalized spacial score (nSPS) is 22.1. The van der Waals surface area contributed by atoms with Crippen LogP contribution in [0.15, 0.2) is 0 Å². The van der Waals surface area contributed by atoms with Crippen LogP contribution in [0.2, 0.25) is 0 Å². The van der Waals surface area contributed by atoms with E-state index in [-0.39, 0.29) is 11.9 Å². The van der Waals surface area contributed by atoms with E-state index in [2.05, 4.69) is 10.6 Å². The van der Waals surface area contributed by atoms with Crippen LogP contribution in [0.5, 0.6) is 0 Å². The number of carboxylic acid groups (broad SMARTS) is 1. The summed E-state index contributed by atoms with van der Waals surface area (Å²) < 4.78 is 0. The molecule has 2 aliphatic carbocycles. The lowest BCUT2D eigenvalue weighted by Crippen LogP contribution is -2.48. The third-order valence-corrected chi connectivity index (χ3v) is 3.67. The SMILES string of the molecule is O=C(NCC1CCCC1)NC(C(=O)O)C1CC1. The standard InChI is InChI=1S/C12H20N2O3/c15-11(16)10(9-5-6-9)14-12(17)13-7-8-3-1-2-4-8/h8-10H,1-7H2,(H,15,16)(H2,13,14,17). The molecule has 1 atom stereocenters. The monoisotopic (exact) mass is 240 g/mol. The topological polar surface area (TPSA) is 78.4 Å². The molecule has 0 radical (unpaired) electrons. The summed E-state index contributed by atoms with van der Waals surface area (Å²) in [7, 11) is 0. The van der Waals surface area contributed by atoms with Crippen molar-refractivity contribution in [2.75, 3.05) is 6.54 Å². The van der Waals surface area contributed by atoms with Crippen molar-refractivity contribution >= 4 is 12.0 Å². The lowest BCUT2D eigenvalue weighted by molar-refractivity contribution is -0.139. The van der Waals surface area contributed by atoms with Gasteiger partial charge in [-0.15, -0.1) is 0 Å². The summed E-state index contributed by atoms with van der Waals surface area (Å²) in [6, 6.07) is -1.05. The molecule has 0 aromatic carbocycles. The Kier molecular flexibility index (Phi) is 3.86. The van der Waals surface area contributed by atoms with E-state index in [4.69, 9.17) is 5.11 Å². The second-order valence-electron chi connectivity index (χ2n) is 5.16. The van der Waals surface area contributed by atoms with E-state index in [0.717, 1.165) is 12.8 Å². The van der Waals surface area contributed by atoms with Crippen molar-refractivity contribution in [3.8, 4) is 0 Å². The maximum atomic E-state index is 11.6. The van der Waals surface area contributed by atoms with E-state index in [1.807, 2.05) is 0 Å². The van der Waals surface area contributed by atoms with Gasteiger partial charge in [-0.3, -0.25) is 0 Å². The fourth-order valence-corrected chi connectivity index (χ4v) is 2.45. The van der Waals surface area contributed by atoms with Gasteiger partial charge in [0.2, 0.25) is 0 Å². The van der Waals surface area contributed by atoms with Crippen LogP contribution in [0.3, 0.4) is 0 Å². The molecular formula is C12H20N2O3. The first kappa shape index (κ1) is 12.2. The van der Waals surface area contributed by atoms with Gasteiger partial charge in [0.1, 0.15) is 6.04 Å². The molecule has 2 aliphatic rings. The van der Waals surface area contributed by atoms with Crippen LogP contribution in [0.25, 0.3) is 0 Å². The summed E-state index contributed by atoms with van der Waals surface area (Å²) in [6.45, 7) is 0.669. The van der Waals surface area contributed by atoms with Gasteiger partial charge in [0, 0.05) is 6.54 Å². The van der Waals surface area contributed by atoms with Gasteiger partial charge in [-0.25, -0.2) is 9.59 Å². The summed E-state index contributed by atoms with van der Waals surface area (Å²) in [6.07, 6.45) is 6.64. The van der Waals surface area contributed by atoms with Gasteiger partial charge in [-0.05, 0) is 37.5 Å². The minimum Gasteiger partial charge on any atom is -0.480 e. The number of carbonyl (C=O) groups is 2. The zero-order valence-corrected chi connectivity index (χ0v) is 9.95. The van der Waals surface area contributed by atoms with Gasteiger partial charge >= 0.3 is 12.0 Å². The van der Waals surface area contributed by atoms with Crippen LogP contribution in [-0.4, -0.2) is 29.7 Å². The molecule has 2 rings (SSSR count). The number of rotatable bonds is 5. The number of amides is 2. The van der Waals surface area contributed by atoms with Gasteiger partial charge in [-0.1, -0.05) is 12.8 Å². The van der Waals surface area contributed by atoms with Crippen LogP contribution < -0.4 is 10.6 Å². The Morgan fingerprint density at radius 3 is 2.35 bits per heavy atom. The highest BCUT2D eigenvalue weighted by Crippen LogP contribution is 2.32. The van der Waals surface area contributed by atoms with Crippen LogP contribution in [0, 0.1) is 11.8 Å². The lowest BCUT2D eigenvalue weighted by Gasteiger charge is -2.16. The van der Waals surface area contributed by atoms with Crippen molar-refractivity contribution < 1.29 is 14.7 Å². The largest absolute Gasteiger partial charge is 0.480 e. The second kappa shape index (κ2) is 5.38. The zero-order valence-electron chi connectivity index (χ0n) is 9.95. The second-order valence-corrected chi connectivity index (χ2v) is 5.16. The van der Waals surface area contributed by atoms with Gasteiger partial charge in [0.05, 0.1) is 0 Å². The first-order valence-corrected chi connectivity index (χ1v) is 6.44. The fourth-order valence-electron chi connectivity index (χ4n) is 2.45. The van der Waals surface area contributed by atoms with Gasteiger partial charge in [0.15, 0.2) is 0 Å². The predicted molar refractivity (Wildman–Crippen MR) is 62.6 cm³/mol. The Balaban J connectivity index is 1.69. The Morgan fingerprint density at radius 1 is 1.18 bits per heavy atom. The average molecular weight is 240 g/mol. The molecule has 2 amide bonds. The zero-order chi connectivity index (χ0) is 12.3. The molecule has 3 N–H and O–H groups in total. The third-order valence-electron chi connectivity index (χ3n) is 3.67. The molecular weight excluding hydrogens is 220 g/mol. The number of aliphatic carboxylic acids is 1. The minimum atomic E-state index is -0.927. The van der Waals surface area contributed by atoms with Crippen LogP contribution in [0.1, 0.15) is 38.5 Å². The number of carboxylic acids is 1. The molecule has 0 bridgehead atoms. The third kappa shape index (κ3) is 3.61. The molecule has 1 unspecified atom stereocenters. The van der Waals surface area contributed by atoms with E-state index < -0.39 is 12.0 Å². The van der Waals surface area contributed by atoms with Gasteiger partial charge in [-0.2, -0.15) is 0 Å². The Morgan fingerprint density at radius 2 is 1.82 bits per heavy atom. The summed E-state index contributed by atoms with van der Waals surface area (Å²) >= 11 is 0. The molecule has 5 nitrogen and oxygen atoms in total. The molecule has 0 aromatic heterocycles. The summed E-state index contributed by atoms with van der Waals surface area (Å²) in [5.41, 5.74) is 0. The fraction of sp³-hybridized carbons (Fsp3) is 0.833. The average Bonchev–Trinajstić information content (AvgIpc) is 2.99. The van der Waals surface area contributed by atoms with Crippen molar-refractivity contribution in [3.63, 3.8) is 0 Å². The highest BCUT2D eigenvalue weighted by atomic mass is 16.4. The molecule has 0 saturated heterocycles. The summed E-state index contributed by atoms with van der Waals surface area (Å²) in [4.78, 5) is 22.5. The first-order chi connectivity index (χ1) is 8.16. The Hall–Kier alpha value is -1.26. The molecule has 0 spiro atoms. The molecule has 2 saturated carbocycles. The van der Waals surface area contributed by atoms with Crippen molar-refractivity contribution in [1.82, 2.24) is 10.6 Å². The molecule has 96 valence electrons. The number of urea groups is 1. The molecule has 2 fully saturated rings. The van der Waals surface area contributed by atoms with E-state index in [1.165, 1.54) is 25.7 Å². The van der Waals surface area contributed by atoms with Crippen LogP contribution in [-0.2, 0) is 4.79 Å². The van der Waals surface area contributed by atoms with E-state index in [9.17, 15) is 9.59 Å². The van der Waals surface area contributed by atoms with Crippen molar-refractivity contribution in [3.05, 3.63) is 0 Å². The highest BCUT2D eigenvalue weighted by Gasteiger charge is 2.37. The summed E-state index contributed by atoms with van der Waals surface area (Å²) in [5.74, 6) is -0.224. The van der Waals surface area contributed by atoms with E-state index >= 15 is 0 Å². The van der Waals surface area contributed by atoms with Gasteiger partial charge < -0.3 is 15.7 Å². The molecule has 0 heterocycles. The quantitative estimate of drug-likeness (QED) is 0.678. The number of carbonyl (C=O) groups excluding carboxylic acids is 1. The number of hydrogen-bond acceptors (Lipinski definition) is 2. The van der Waals surface area contributed by atoms with Crippen molar-refractivity contribution in [1.29, 1.82) is 0 Å². The first-order valence-electron chi connectivity index (χ1n) is 6.44. The summed E-state index contributed by atoms with van der Waals surface area (Å²) in [5, 5.41) is 14.3. The van der Waals surface area contributed by atoms with Gasteiger partial charge in [0.25, 0.3) is 0 Å². The smallest absolute Gasteiger partial charge is 0.326 e. The van der Waals surface area contributed by atoms with Crippen molar-refractivity contribution in [2.24, 2.45) is 11.8 Å². The lowest BCUT2D eigenvalue weighted by atomic mass is 10.1. The molecule has 5 heteroatoms. The number of hydrogen-bond donors (Lipinski definition) is 3. The van der Waals surface area contributed by atoms with Crippen molar-refractivity contribution in [2.45, 2.75) is 44.6 Å². The Bertz CT molecular complexity index is 296. The van der Waals surface area contributed by atoms with E-state index in [0.29, 0.717) is 12.5 Å². The maximum Gasteiger partial charge on any atom is 0.326 e. The Labute approximate surface area is 101 Å². The predicted octanol–water partition coefficient (Wildman–Crippen LogP) is 1.34. The van der Waals surface area contributed by atoms with E-state index in [1.54, 1.807) is 0 Å². The number of nitrogens with one attached hydrogen (secondary N) is 2. The molecule has 0 aliphatic heterocycles. The highest BCUT2D eigenvalue weighted by molar-refractivity contribution is 5.83. The maximum absolute atomic E-state index is 11.6.